The Morgan fingerprint density at radius 1 is 1.17 bits per heavy atom. The van der Waals surface area contributed by atoms with Gasteiger partial charge in [-0.1, -0.05) is 10.9 Å². The highest BCUT2D eigenvalue weighted by Gasteiger charge is 2.27. The molecule has 1 aromatic carbocycles. The van der Waals surface area contributed by atoms with Crippen molar-refractivity contribution in [3.8, 4) is 5.69 Å². The van der Waals surface area contributed by atoms with E-state index in [9.17, 15) is 22.4 Å². The Kier molecular flexibility index (Phi) is 6.31. The third-order valence-corrected chi connectivity index (χ3v) is 6.51. The fraction of sp³-hybridized carbons (Fsp3) is 0.174. The molecule has 1 atom stereocenters. The molecule has 0 radical (unpaired) electrons. The van der Waals surface area contributed by atoms with E-state index in [2.05, 4.69) is 15.4 Å². The first-order chi connectivity index (χ1) is 16.6. The van der Waals surface area contributed by atoms with Crippen molar-refractivity contribution in [2.24, 2.45) is 5.73 Å². The van der Waals surface area contributed by atoms with Gasteiger partial charge in [0.1, 0.15) is 5.82 Å². The molecular weight excluding hydrogens is 475 g/mol. The van der Waals surface area contributed by atoms with E-state index in [4.69, 9.17) is 5.73 Å². The van der Waals surface area contributed by atoms with E-state index in [1.165, 1.54) is 42.9 Å². The van der Waals surface area contributed by atoms with Gasteiger partial charge in [-0.05, 0) is 36.2 Å². The maximum absolute atomic E-state index is 13.3. The zero-order chi connectivity index (χ0) is 25.3. The minimum absolute atomic E-state index is 0.220. The topological polar surface area (TPSA) is 141 Å². The summed E-state index contributed by atoms with van der Waals surface area (Å²) in [6.07, 6.45) is 7.13. The Labute approximate surface area is 200 Å². The monoisotopic (exact) mass is 497 g/mol. The number of nitrogens with zero attached hydrogens (tertiary/aromatic N) is 4. The van der Waals surface area contributed by atoms with Gasteiger partial charge in [0, 0.05) is 23.7 Å². The van der Waals surface area contributed by atoms with E-state index in [1.807, 2.05) is 6.92 Å². The molecule has 180 valence electrons. The summed E-state index contributed by atoms with van der Waals surface area (Å²) in [7, 11) is -3.75. The van der Waals surface area contributed by atoms with Gasteiger partial charge in [-0.3, -0.25) is 14.6 Å². The number of pyridine rings is 2. The largest absolute Gasteiger partial charge is 0.367 e. The molecule has 4 aromatic rings. The van der Waals surface area contributed by atoms with Crippen LogP contribution in [0.25, 0.3) is 16.6 Å². The molecule has 0 saturated carbocycles. The lowest BCUT2D eigenvalue weighted by Gasteiger charge is -2.17. The normalized spacial score (nSPS) is 12.4. The predicted molar refractivity (Wildman–Crippen MR) is 125 cm³/mol. The smallest absolute Gasteiger partial charge is 0.360 e. The minimum Gasteiger partial charge on any atom is -0.360 e. The average Bonchev–Trinajstić information content (AvgIpc) is 3.26. The Bertz CT molecular complexity index is 1550. The molecule has 0 saturated heterocycles. The van der Waals surface area contributed by atoms with Gasteiger partial charge < -0.3 is 11.1 Å². The Balaban J connectivity index is 1.67. The van der Waals surface area contributed by atoms with Crippen LogP contribution in [0, 0.1) is 5.82 Å². The zero-order valence-electron chi connectivity index (χ0n) is 18.8. The van der Waals surface area contributed by atoms with Crippen molar-refractivity contribution in [1.29, 1.82) is 0 Å². The third-order valence-electron chi connectivity index (χ3n) is 5.48. The molecule has 3 N–H and O–H groups in total. The van der Waals surface area contributed by atoms with E-state index in [0.29, 0.717) is 28.6 Å². The minimum atomic E-state index is -3.75. The summed E-state index contributed by atoms with van der Waals surface area (Å²) in [5, 5.41) is 7.76. The number of aromatic nitrogens is 4. The van der Waals surface area contributed by atoms with Crippen LogP contribution in [0.5, 0.6) is 0 Å². The van der Waals surface area contributed by atoms with Gasteiger partial charge in [0.2, 0.25) is 0 Å². The first-order valence-corrected chi connectivity index (χ1v) is 12.4. The molecule has 0 aliphatic rings. The predicted octanol–water partition coefficient (Wildman–Crippen LogP) is 1.63. The highest BCUT2D eigenvalue weighted by atomic mass is 32.2. The van der Waals surface area contributed by atoms with Crippen molar-refractivity contribution < 1.29 is 26.4 Å². The Morgan fingerprint density at radius 3 is 2.51 bits per heavy atom. The van der Waals surface area contributed by atoms with Gasteiger partial charge in [0.15, 0.2) is 6.20 Å². The van der Waals surface area contributed by atoms with Crippen LogP contribution in [0.4, 0.5) is 4.39 Å². The fourth-order valence-corrected chi connectivity index (χ4v) is 4.54. The van der Waals surface area contributed by atoms with E-state index >= 15 is 0 Å². The van der Waals surface area contributed by atoms with Crippen LogP contribution >= 0.6 is 0 Å². The van der Waals surface area contributed by atoms with Crippen molar-refractivity contribution in [3.05, 3.63) is 83.8 Å². The van der Waals surface area contributed by atoms with Crippen molar-refractivity contribution >= 4 is 32.7 Å². The quantitative estimate of drug-likeness (QED) is 0.372. The van der Waals surface area contributed by atoms with Crippen molar-refractivity contribution in [1.82, 2.24) is 20.1 Å². The van der Waals surface area contributed by atoms with E-state index in [0.717, 1.165) is 10.2 Å². The molecule has 0 fully saturated rings. The third kappa shape index (κ3) is 4.73. The molecule has 12 heteroatoms. The van der Waals surface area contributed by atoms with Gasteiger partial charge in [0.05, 0.1) is 41.5 Å². The van der Waals surface area contributed by atoms with E-state index in [-0.39, 0.29) is 17.1 Å². The van der Waals surface area contributed by atoms with Crippen LogP contribution in [0.2, 0.25) is 0 Å². The lowest BCUT2D eigenvalue weighted by Crippen LogP contribution is -2.48. The highest BCUT2D eigenvalue weighted by Crippen LogP contribution is 2.23. The summed E-state index contributed by atoms with van der Waals surface area (Å²) in [6, 6.07) is 8.07. The zero-order valence-corrected chi connectivity index (χ0v) is 19.7. The fourth-order valence-electron chi connectivity index (χ4n) is 3.76. The second kappa shape index (κ2) is 9.22. The molecule has 35 heavy (non-hydrogen) atoms. The molecule has 2 amide bonds. The molecule has 0 bridgehead atoms. The first kappa shape index (κ1) is 24.0. The van der Waals surface area contributed by atoms with Crippen LogP contribution < -0.4 is 15.0 Å². The molecule has 0 aliphatic heterocycles. The molecule has 10 nitrogen and oxygen atoms in total. The lowest BCUT2D eigenvalue weighted by molar-refractivity contribution is -0.513. The molecular formula is C23H22FN6O4S+. The Hall–Kier alpha value is -4.19. The summed E-state index contributed by atoms with van der Waals surface area (Å²) in [4.78, 5) is 29.2. The van der Waals surface area contributed by atoms with E-state index in [1.54, 1.807) is 23.0 Å². The molecule has 0 spiro atoms. The summed E-state index contributed by atoms with van der Waals surface area (Å²) in [5.41, 5.74) is 7.11. The maximum Gasteiger partial charge on any atom is 0.367 e. The maximum atomic E-state index is 13.3. The molecule has 0 aliphatic carbocycles. The number of halogens is 1. The standard InChI is InChI=1S/C23H21FN6O4S/c1-3-19(14-8-9-29(35(2,33)34)20(10-14)22(25)31)28-23(32)18-11-26-13-21-17(18)12-27-30(21)16-6-4-15(24)5-7-16/h4-13,19H,3H2,1-2H3,(H2-,25,28,31,32)/p+1/t19-/m0/s1. The number of carbonyl (C=O) groups excluding carboxylic acids is 2. The number of rotatable bonds is 7. The number of nitrogens with two attached hydrogens (primary N) is 1. The summed E-state index contributed by atoms with van der Waals surface area (Å²) in [5.74, 6) is -1.73. The van der Waals surface area contributed by atoms with Gasteiger partial charge >= 0.3 is 15.9 Å². The summed E-state index contributed by atoms with van der Waals surface area (Å²) in [6.45, 7) is 1.83. The van der Waals surface area contributed by atoms with Crippen molar-refractivity contribution in [2.45, 2.75) is 19.4 Å². The molecule has 3 aromatic heterocycles. The van der Waals surface area contributed by atoms with Crippen LogP contribution in [-0.4, -0.2) is 41.3 Å². The van der Waals surface area contributed by atoms with Crippen LogP contribution in [-0.2, 0) is 10.0 Å². The van der Waals surface area contributed by atoms with E-state index < -0.39 is 27.9 Å². The number of benzene rings is 1. The second-order valence-electron chi connectivity index (χ2n) is 7.86. The number of hydrogen-bond donors (Lipinski definition) is 2. The lowest BCUT2D eigenvalue weighted by atomic mass is 10.0. The summed E-state index contributed by atoms with van der Waals surface area (Å²) >= 11 is 0. The van der Waals surface area contributed by atoms with Crippen molar-refractivity contribution in [3.63, 3.8) is 0 Å². The van der Waals surface area contributed by atoms with Gasteiger partial charge in [-0.25, -0.2) is 9.07 Å². The Morgan fingerprint density at radius 2 is 1.89 bits per heavy atom. The number of hydrogen-bond acceptors (Lipinski definition) is 6. The molecule has 4 rings (SSSR count). The van der Waals surface area contributed by atoms with Gasteiger partial charge in [-0.2, -0.15) is 13.5 Å². The number of carbonyl (C=O) groups is 2. The first-order valence-electron chi connectivity index (χ1n) is 10.5. The summed E-state index contributed by atoms with van der Waals surface area (Å²) < 4.78 is 39.6. The second-order valence-corrected chi connectivity index (χ2v) is 9.71. The number of amides is 2. The number of primary amides is 1. The number of fused-ring (bicyclic) bond motifs is 1. The van der Waals surface area contributed by atoms with Gasteiger partial charge in [-0.15, -0.1) is 0 Å². The van der Waals surface area contributed by atoms with Crippen LogP contribution in [0.3, 0.4) is 0 Å². The molecule has 0 unspecified atom stereocenters. The molecule has 3 heterocycles. The SMILES string of the molecule is CC[C@H](NC(=O)c1cncc2c1cnn2-c1ccc(F)cc1)c1cc[n+](S(C)(=O)=O)c(C(N)=O)c1. The van der Waals surface area contributed by atoms with Crippen LogP contribution in [0.15, 0.2) is 61.2 Å². The highest BCUT2D eigenvalue weighted by molar-refractivity contribution is 7.84. The number of nitrogens with one attached hydrogen (secondary N) is 1. The average molecular weight is 498 g/mol. The van der Waals surface area contributed by atoms with Crippen LogP contribution in [0.1, 0.15) is 45.8 Å². The van der Waals surface area contributed by atoms with Gasteiger partial charge in [0.25, 0.3) is 11.6 Å². The van der Waals surface area contributed by atoms with Crippen molar-refractivity contribution in [2.75, 3.05) is 6.26 Å².